The van der Waals surface area contributed by atoms with Gasteiger partial charge in [0.05, 0.1) is 12.1 Å². The van der Waals surface area contributed by atoms with Crippen LogP contribution in [0.2, 0.25) is 0 Å². The van der Waals surface area contributed by atoms with Gasteiger partial charge in [-0.05, 0) is 37.7 Å². The van der Waals surface area contributed by atoms with Crippen molar-refractivity contribution in [3.8, 4) is 0 Å². The summed E-state index contributed by atoms with van der Waals surface area (Å²) >= 11 is 3.28. The molecule has 2 aromatic rings. The number of benzene rings is 1. The summed E-state index contributed by atoms with van der Waals surface area (Å²) in [5, 5.41) is 0. The first-order valence-corrected chi connectivity index (χ1v) is 9.11. The predicted octanol–water partition coefficient (Wildman–Crippen LogP) is 3.70. The third-order valence-electron chi connectivity index (χ3n) is 3.77. The standard InChI is InChI=1S/C16H18N2OS2/c1-11-14(21-16(17-11)20-2)10-15(19)18-9-5-7-12-6-3-4-8-13(12)18/h3-4,6,8H,5,7,9-10H2,1-2H3. The highest BCUT2D eigenvalue weighted by atomic mass is 32.2. The molecule has 0 saturated heterocycles. The fourth-order valence-electron chi connectivity index (χ4n) is 2.68. The summed E-state index contributed by atoms with van der Waals surface area (Å²) in [6.07, 6.45) is 4.58. The van der Waals surface area contributed by atoms with Gasteiger partial charge in [-0.15, -0.1) is 11.3 Å². The van der Waals surface area contributed by atoms with E-state index in [1.807, 2.05) is 30.2 Å². The number of hydrogen-bond donors (Lipinski definition) is 0. The number of aromatic nitrogens is 1. The van der Waals surface area contributed by atoms with Gasteiger partial charge in [0.2, 0.25) is 5.91 Å². The average Bonchev–Trinajstić information content (AvgIpc) is 2.87. The SMILES string of the molecule is CSc1nc(C)c(CC(=O)N2CCCc3ccccc32)s1. The van der Waals surface area contributed by atoms with E-state index in [2.05, 4.69) is 17.1 Å². The zero-order valence-electron chi connectivity index (χ0n) is 12.3. The maximum absolute atomic E-state index is 12.7. The van der Waals surface area contributed by atoms with Gasteiger partial charge < -0.3 is 4.90 Å². The molecule has 5 heteroatoms. The Labute approximate surface area is 133 Å². The second-order valence-electron chi connectivity index (χ2n) is 5.15. The summed E-state index contributed by atoms with van der Waals surface area (Å²) in [6.45, 7) is 2.81. The second-order valence-corrected chi connectivity index (χ2v) is 7.28. The molecule has 2 heterocycles. The summed E-state index contributed by atoms with van der Waals surface area (Å²) in [4.78, 5) is 20.2. The molecule has 3 nitrogen and oxygen atoms in total. The number of anilines is 1. The third kappa shape index (κ3) is 2.99. The van der Waals surface area contributed by atoms with Gasteiger partial charge in [-0.1, -0.05) is 30.0 Å². The maximum Gasteiger partial charge on any atom is 0.232 e. The van der Waals surface area contributed by atoms with Crippen LogP contribution in [-0.4, -0.2) is 23.7 Å². The zero-order valence-corrected chi connectivity index (χ0v) is 13.9. The third-order valence-corrected chi connectivity index (χ3v) is 5.91. The lowest BCUT2D eigenvalue weighted by atomic mass is 10.0. The molecule has 0 aliphatic carbocycles. The largest absolute Gasteiger partial charge is 0.312 e. The van der Waals surface area contributed by atoms with Crippen LogP contribution in [-0.2, 0) is 17.6 Å². The van der Waals surface area contributed by atoms with E-state index in [0.717, 1.165) is 40.0 Å². The number of carbonyl (C=O) groups excluding carboxylic acids is 1. The minimum absolute atomic E-state index is 0.182. The highest BCUT2D eigenvalue weighted by Crippen LogP contribution is 2.29. The Hall–Kier alpha value is -1.33. The Morgan fingerprint density at radius 1 is 1.43 bits per heavy atom. The van der Waals surface area contributed by atoms with Gasteiger partial charge in [-0.3, -0.25) is 4.79 Å². The van der Waals surface area contributed by atoms with Gasteiger partial charge in [0.1, 0.15) is 4.34 Å². The molecule has 3 rings (SSSR count). The molecule has 0 unspecified atom stereocenters. The van der Waals surface area contributed by atoms with E-state index < -0.39 is 0 Å². The summed E-state index contributed by atoms with van der Waals surface area (Å²) in [7, 11) is 0. The summed E-state index contributed by atoms with van der Waals surface area (Å²) < 4.78 is 1.04. The summed E-state index contributed by atoms with van der Waals surface area (Å²) in [6, 6.07) is 8.23. The minimum atomic E-state index is 0.182. The molecule has 1 aromatic heterocycles. The number of carbonyl (C=O) groups is 1. The van der Waals surface area contributed by atoms with Crippen LogP contribution in [0.5, 0.6) is 0 Å². The van der Waals surface area contributed by atoms with Gasteiger partial charge in [0.25, 0.3) is 0 Å². The number of thioether (sulfide) groups is 1. The molecule has 0 N–H and O–H groups in total. The van der Waals surface area contributed by atoms with E-state index in [1.165, 1.54) is 5.56 Å². The van der Waals surface area contributed by atoms with Crippen molar-refractivity contribution >= 4 is 34.7 Å². The first kappa shape index (κ1) is 14.6. The summed E-state index contributed by atoms with van der Waals surface area (Å²) in [5.41, 5.74) is 3.35. The van der Waals surface area contributed by atoms with Crippen molar-refractivity contribution < 1.29 is 4.79 Å². The fourth-order valence-corrected chi connectivity index (χ4v) is 4.32. The van der Waals surface area contributed by atoms with Crippen LogP contribution in [0.25, 0.3) is 0 Å². The van der Waals surface area contributed by atoms with E-state index >= 15 is 0 Å². The van der Waals surface area contributed by atoms with Crippen molar-refractivity contribution in [3.63, 3.8) is 0 Å². The molecule has 1 amide bonds. The molecule has 1 aliphatic heterocycles. The van der Waals surface area contributed by atoms with Crippen LogP contribution >= 0.6 is 23.1 Å². The lowest BCUT2D eigenvalue weighted by Crippen LogP contribution is -2.36. The second kappa shape index (κ2) is 6.20. The lowest BCUT2D eigenvalue weighted by Gasteiger charge is -2.29. The molecular formula is C16H18N2OS2. The van der Waals surface area contributed by atoms with E-state index in [-0.39, 0.29) is 5.91 Å². The molecule has 0 spiro atoms. The number of thiazole rings is 1. The summed E-state index contributed by atoms with van der Waals surface area (Å²) in [5.74, 6) is 0.182. The zero-order chi connectivity index (χ0) is 14.8. The predicted molar refractivity (Wildman–Crippen MR) is 89.5 cm³/mol. The number of fused-ring (bicyclic) bond motifs is 1. The van der Waals surface area contributed by atoms with E-state index in [0.29, 0.717) is 6.42 Å². The average molecular weight is 318 g/mol. The van der Waals surface area contributed by atoms with Gasteiger partial charge in [-0.2, -0.15) is 0 Å². The van der Waals surface area contributed by atoms with Gasteiger partial charge in [0.15, 0.2) is 0 Å². The topological polar surface area (TPSA) is 33.2 Å². The van der Waals surface area contributed by atoms with Crippen molar-refractivity contribution in [1.29, 1.82) is 0 Å². The highest BCUT2D eigenvalue weighted by Gasteiger charge is 2.23. The van der Waals surface area contributed by atoms with E-state index in [4.69, 9.17) is 0 Å². The molecule has 0 radical (unpaired) electrons. The monoisotopic (exact) mass is 318 g/mol. The van der Waals surface area contributed by atoms with Crippen LogP contribution in [0.1, 0.15) is 22.6 Å². The Bertz CT molecular complexity index is 666. The first-order chi connectivity index (χ1) is 10.2. The number of nitrogens with zero attached hydrogens (tertiary/aromatic N) is 2. The number of aryl methyl sites for hydroxylation is 2. The molecular weight excluding hydrogens is 300 g/mol. The number of amides is 1. The van der Waals surface area contributed by atoms with E-state index in [1.54, 1.807) is 23.1 Å². The highest BCUT2D eigenvalue weighted by molar-refractivity contribution is 8.00. The first-order valence-electron chi connectivity index (χ1n) is 7.07. The smallest absolute Gasteiger partial charge is 0.232 e. The number of para-hydroxylation sites is 1. The van der Waals surface area contributed by atoms with Gasteiger partial charge >= 0.3 is 0 Å². The molecule has 110 valence electrons. The number of rotatable bonds is 3. The van der Waals surface area contributed by atoms with Crippen LogP contribution in [0.15, 0.2) is 28.6 Å². The molecule has 1 aromatic carbocycles. The van der Waals surface area contributed by atoms with Crippen molar-refractivity contribution in [2.45, 2.75) is 30.5 Å². The molecule has 1 aliphatic rings. The Kier molecular flexibility index (Phi) is 4.31. The minimum Gasteiger partial charge on any atom is -0.312 e. The molecule has 0 bridgehead atoms. The van der Waals surface area contributed by atoms with Crippen molar-refractivity contribution in [2.24, 2.45) is 0 Å². The molecule has 0 saturated carbocycles. The van der Waals surface area contributed by atoms with Crippen molar-refractivity contribution in [3.05, 3.63) is 40.4 Å². The molecule has 0 fully saturated rings. The maximum atomic E-state index is 12.7. The quantitative estimate of drug-likeness (QED) is 0.809. The van der Waals surface area contributed by atoms with Crippen LogP contribution in [0, 0.1) is 6.92 Å². The van der Waals surface area contributed by atoms with Gasteiger partial charge in [-0.25, -0.2) is 4.98 Å². The Morgan fingerprint density at radius 3 is 3.00 bits per heavy atom. The fraction of sp³-hybridized carbons (Fsp3) is 0.375. The van der Waals surface area contributed by atoms with Crippen LogP contribution < -0.4 is 4.90 Å². The Balaban J connectivity index is 1.81. The normalized spacial score (nSPS) is 14.1. The van der Waals surface area contributed by atoms with Gasteiger partial charge in [0, 0.05) is 17.1 Å². The molecule has 21 heavy (non-hydrogen) atoms. The number of hydrogen-bond acceptors (Lipinski definition) is 4. The van der Waals surface area contributed by atoms with E-state index in [9.17, 15) is 4.79 Å². The van der Waals surface area contributed by atoms with Crippen molar-refractivity contribution in [2.75, 3.05) is 17.7 Å². The lowest BCUT2D eigenvalue weighted by molar-refractivity contribution is -0.118. The Morgan fingerprint density at radius 2 is 2.24 bits per heavy atom. The van der Waals surface area contributed by atoms with Crippen molar-refractivity contribution in [1.82, 2.24) is 4.98 Å². The van der Waals surface area contributed by atoms with Crippen LogP contribution in [0.3, 0.4) is 0 Å². The molecule has 0 atom stereocenters. The van der Waals surface area contributed by atoms with Crippen LogP contribution in [0.4, 0.5) is 5.69 Å².